The van der Waals surface area contributed by atoms with Gasteiger partial charge in [0.05, 0.1) is 39.5 Å². The van der Waals surface area contributed by atoms with Gasteiger partial charge in [0.1, 0.15) is 0 Å². The topological polar surface area (TPSA) is 60.5 Å². The normalized spacial score (nSPS) is 30.6. The molecule has 3 aliphatic rings. The number of methoxy groups -OCH3 is 1. The summed E-state index contributed by atoms with van der Waals surface area (Å²) < 4.78 is 22.5. The molecule has 3 heterocycles. The van der Waals surface area contributed by atoms with E-state index in [2.05, 4.69) is 9.64 Å². The Morgan fingerprint density at radius 3 is 2.25 bits per heavy atom. The first kappa shape index (κ1) is 15.9. The van der Waals surface area contributed by atoms with Crippen LogP contribution in [0, 0.1) is 0 Å². The van der Waals surface area contributed by atoms with Crippen molar-refractivity contribution in [1.29, 1.82) is 0 Å². The van der Waals surface area contributed by atoms with E-state index in [9.17, 15) is 4.79 Å². The Balaban J connectivity index is 1.88. The van der Waals surface area contributed by atoms with Gasteiger partial charge in [0.15, 0.2) is 0 Å². The zero-order valence-corrected chi connectivity index (χ0v) is 13.3. The summed E-state index contributed by atoms with van der Waals surface area (Å²) in [6.45, 7) is 5.38. The number of carbonyl (C=O) groups is 1. The van der Waals surface area contributed by atoms with Gasteiger partial charge in [0.25, 0.3) is 0 Å². The Morgan fingerprint density at radius 2 is 1.75 bits per heavy atom. The second-order valence-electron chi connectivity index (χ2n) is 5.13. The predicted octanol–water partition coefficient (Wildman–Crippen LogP) is -0.662. The van der Waals surface area contributed by atoms with E-state index in [4.69, 9.17) is 13.3 Å². The molecule has 0 atom stereocenters. The number of rotatable bonds is 5. The van der Waals surface area contributed by atoms with Crippen LogP contribution in [0.15, 0.2) is 0 Å². The fourth-order valence-electron chi connectivity index (χ4n) is 2.38. The van der Waals surface area contributed by atoms with Gasteiger partial charge in [-0.15, -0.1) is 0 Å². The van der Waals surface area contributed by atoms with Crippen LogP contribution in [-0.2, 0) is 22.8 Å². The molecular weight excluding hydrogens is 280 g/mol. The molecule has 3 saturated heterocycles. The quantitative estimate of drug-likeness (QED) is 0.493. The first-order valence-electron chi connectivity index (χ1n) is 7.03. The van der Waals surface area contributed by atoms with Crippen molar-refractivity contribution in [3.8, 4) is 0 Å². The maximum atomic E-state index is 11.2. The van der Waals surface area contributed by atoms with Crippen molar-refractivity contribution in [2.45, 2.75) is 6.42 Å². The van der Waals surface area contributed by atoms with E-state index in [1.54, 1.807) is 0 Å². The van der Waals surface area contributed by atoms with Crippen molar-refractivity contribution in [3.63, 3.8) is 0 Å². The van der Waals surface area contributed by atoms with Crippen molar-refractivity contribution < 1.29 is 22.8 Å². The lowest BCUT2D eigenvalue weighted by Gasteiger charge is -2.39. The van der Waals surface area contributed by atoms with Gasteiger partial charge in [-0.3, -0.25) is 9.69 Å². The number of carbonyl (C=O) groups excluding carboxylic acids is 1. The van der Waals surface area contributed by atoms with Gasteiger partial charge in [0, 0.05) is 26.2 Å². The Kier molecular flexibility index (Phi) is 5.94. The van der Waals surface area contributed by atoms with E-state index < -0.39 is 8.80 Å². The molecule has 0 amide bonds. The lowest BCUT2D eigenvalue weighted by molar-refractivity contribution is -0.140. The van der Waals surface area contributed by atoms with Crippen LogP contribution in [0.4, 0.5) is 0 Å². The third-order valence-corrected chi connectivity index (χ3v) is 6.44. The summed E-state index contributed by atoms with van der Waals surface area (Å²) in [6, 6.07) is 0. The lowest BCUT2D eigenvalue weighted by atomic mass is 10.4. The molecule has 0 saturated carbocycles. The van der Waals surface area contributed by atoms with Crippen molar-refractivity contribution in [3.05, 3.63) is 0 Å². The number of esters is 1. The first-order valence-corrected chi connectivity index (χ1v) is 8.96. The minimum absolute atomic E-state index is 0.204. The zero-order valence-electron chi connectivity index (χ0n) is 12.3. The summed E-state index contributed by atoms with van der Waals surface area (Å²) in [5, 5.41) is 0. The SMILES string of the molecule is COC(=O)CCN(C)C[Si]12OCCN(CCO1)CCO2. The molecule has 8 heteroatoms. The van der Waals surface area contributed by atoms with Crippen LogP contribution in [0.1, 0.15) is 6.42 Å². The highest BCUT2D eigenvalue weighted by Crippen LogP contribution is 2.17. The summed E-state index contributed by atoms with van der Waals surface area (Å²) in [5.74, 6) is -0.204. The van der Waals surface area contributed by atoms with E-state index in [1.807, 2.05) is 11.9 Å². The predicted molar refractivity (Wildman–Crippen MR) is 74.2 cm³/mol. The molecule has 0 spiro atoms. The maximum Gasteiger partial charge on any atom is 0.515 e. The fourth-order valence-corrected chi connectivity index (χ4v) is 4.93. The van der Waals surface area contributed by atoms with Crippen LogP contribution in [0.5, 0.6) is 0 Å². The molecule has 0 aromatic heterocycles. The Morgan fingerprint density at radius 1 is 1.20 bits per heavy atom. The van der Waals surface area contributed by atoms with Crippen molar-refractivity contribution >= 4 is 14.8 Å². The van der Waals surface area contributed by atoms with Gasteiger partial charge >= 0.3 is 14.8 Å². The average Bonchev–Trinajstić information content (AvgIpc) is 2.37. The van der Waals surface area contributed by atoms with Crippen LogP contribution in [0.3, 0.4) is 0 Å². The van der Waals surface area contributed by atoms with Crippen LogP contribution >= 0.6 is 0 Å². The van der Waals surface area contributed by atoms with Crippen molar-refractivity contribution in [2.24, 2.45) is 0 Å². The van der Waals surface area contributed by atoms with Gasteiger partial charge in [-0.25, -0.2) is 0 Å². The molecule has 0 aliphatic carbocycles. The second-order valence-corrected chi connectivity index (χ2v) is 7.68. The zero-order chi connectivity index (χ0) is 14.4. The molecule has 20 heavy (non-hydrogen) atoms. The Bertz CT molecular complexity index is 304. The monoisotopic (exact) mass is 304 g/mol. The molecule has 0 unspecified atom stereocenters. The molecule has 2 bridgehead atoms. The van der Waals surface area contributed by atoms with Gasteiger partial charge in [0.2, 0.25) is 0 Å². The van der Waals surface area contributed by atoms with Gasteiger partial charge < -0.3 is 22.9 Å². The van der Waals surface area contributed by atoms with E-state index in [1.165, 1.54) is 7.11 Å². The highest BCUT2D eigenvalue weighted by atomic mass is 28.4. The van der Waals surface area contributed by atoms with Crippen molar-refractivity contribution in [1.82, 2.24) is 9.80 Å². The molecule has 0 radical (unpaired) electrons. The molecule has 7 nitrogen and oxygen atoms in total. The molecule has 3 rings (SSSR count). The van der Waals surface area contributed by atoms with E-state index >= 15 is 0 Å². The number of fused-ring (bicyclic) bond motifs is 6. The number of hydrogen-bond donors (Lipinski definition) is 0. The van der Waals surface area contributed by atoms with Crippen LogP contribution in [0.25, 0.3) is 0 Å². The van der Waals surface area contributed by atoms with E-state index in [-0.39, 0.29) is 5.97 Å². The molecule has 0 N–H and O–H groups in total. The molecular formula is C12H24N2O5Si. The van der Waals surface area contributed by atoms with Crippen LogP contribution in [0.2, 0.25) is 0 Å². The summed E-state index contributed by atoms with van der Waals surface area (Å²) in [6.07, 6.45) is 0.981. The molecule has 3 fully saturated rings. The molecule has 116 valence electrons. The Labute approximate surface area is 121 Å². The Hall–Kier alpha value is -0.513. The van der Waals surface area contributed by atoms with E-state index in [0.29, 0.717) is 39.0 Å². The maximum absolute atomic E-state index is 11.2. The third kappa shape index (κ3) is 4.50. The fraction of sp³-hybridized carbons (Fsp3) is 0.917. The summed E-state index contributed by atoms with van der Waals surface area (Å²) in [4.78, 5) is 15.5. The highest BCUT2D eigenvalue weighted by molar-refractivity contribution is 6.61. The second kappa shape index (κ2) is 7.48. The molecule has 0 aromatic rings. The van der Waals surface area contributed by atoms with Gasteiger partial charge in [-0.1, -0.05) is 0 Å². The number of hydrogen-bond acceptors (Lipinski definition) is 7. The standard InChI is InChI=1S/C12H24N2O5Si/c1-13(4-3-12(15)16-2)11-20-17-8-5-14(6-9-18-20)7-10-19-20/h3-11H2,1-2H3. The van der Waals surface area contributed by atoms with Crippen LogP contribution < -0.4 is 0 Å². The van der Waals surface area contributed by atoms with Gasteiger partial charge in [-0.2, -0.15) is 0 Å². The minimum atomic E-state index is -2.63. The average molecular weight is 304 g/mol. The van der Waals surface area contributed by atoms with E-state index in [0.717, 1.165) is 19.6 Å². The summed E-state index contributed by atoms with van der Waals surface area (Å²) in [7, 11) is 0.727. The first-order chi connectivity index (χ1) is 9.63. The highest BCUT2D eigenvalue weighted by Gasteiger charge is 2.44. The molecule has 3 aliphatic heterocycles. The number of nitrogens with zero attached hydrogens (tertiary/aromatic N) is 2. The number of ether oxygens (including phenoxy) is 1. The summed E-state index contributed by atoms with van der Waals surface area (Å²) in [5.41, 5.74) is 0. The minimum Gasteiger partial charge on any atom is -0.469 e. The van der Waals surface area contributed by atoms with Crippen molar-refractivity contribution in [2.75, 3.05) is 66.3 Å². The summed E-state index contributed by atoms with van der Waals surface area (Å²) >= 11 is 0. The third-order valence-electron chi connectivity index (χ3n) is 3.58. The largest absolute Gasteiger partial charge is 0.515 e. The molecule has 0 aromatic carbocycles. The van der Waals surface area contributed by atoms with Crippen LogP contribution in [-0.4, -0.2) is 90.9 Å². The van der Waals surface area contributed by atoms with Gasteiger partial charge in [-0.05, 0) is 7.05 Å². The smallest absolute Gasteiger partial charge is 0.469 e. The lowest BCUT2D eigenvalue weighted by Crippen LogP contribution is -2.60.